The van der Waals surface area contributed by atoms with Gasteiger partial charge < -0.3 is 25.4 Å². The van der Waals surface area contributed by atoms with E-state index in [1.807, 2.05) is 0 Å². The van der Waals surface area contributed by atoms with Crippen LogP contribution in [0.25, 0.3) is 0 Å². The number of likely N-dealkylation sites (tertiary alicyclic amines) is 1. The molecule has 12 heteroatoms. The van der Waals surface area contributed by atoms with Crippen LogP contribution in [0.5, 0.6) is 5.75 Å². The van der Waals surface area contributed by atoms with Crippen LogP contribution in [0.15, 0.2) is 33.5 Å². The Morgan fingerprint density at radius 3 is 2.66 bits per heavy atom. The second-order valence-electron chi connectivity index (χ2n) is 8.60. The van der Waals surface area contributed by atoms with E-state index in [-0.39, 0.29) is 42.7 Å². The van der Waals surface area contributed by atoms with Gasteiger partial charge in [0.25, 0.3) is 0 Å². The van der Waals surface area contributed by atoms with Crippen molar-refractivity contribution in [1.82, 2.24) is 4.90 Å². The number of hydrogen-bond acceptors (Lipinski definition) is 6. The number of oxime groups is 2. The summed E-state index contributed by atoms with van der Waals surface area (Å²) >= 11 is 0. The lowest BCUT2D eigenvalue weighted by Gasteiger charge is -2.29. The van der Waals surface area contributed by atoms with Gasteiger partial charge in [-0.15, -0.1) is 0 Å². The standard InChI is InChI=1S/C23H31F4N5O3/c1-2-3-4-5-6-7-10-34-19-9-8-15(11-17(19)23(25,26)27)21-29-13-20(35-31-21)18-12-16(24)14-32(18)22(28)30-33/h8-9,11,13,16,18,20,33H,2-7,10,12,14H2,1H3,(H2,28,30)/t16-,18+,20?/m1/s1. The molecular weight excluding hydrogens is 470 g/mol. The number of guanidine groups is 1. The number of hydrogen-bond donors (Lipinski definition) is 2. The first-order valence-electron chi connectivity index (χ1n) is 11.7. The molecule has 1 fully saturated rings. The number of rotatable bonds is 10. The smallest absolute Gasteiger partial charge is 0.419 e. The molecule has 3 N–H and O–H groups in total. The zero-order chi connectivity index (χ0) is 25.4. The van der Waals surface area contributed by atoms with Gasteiger partial charge in [0.05, 0.1) is 31.0 Å². The number of halogens is 4. The summed E-state index contributed by atoms with van der Waals surface area (Å²) in [7, 11) is 0. The lowest BCUT2D eigenvalue weighted by Crippen LogP contribution is -2.48. The third-order valence-corrected chi connectivity index (χ3v) is 5.97. The fourth-order valence-corrected chi connectivity index (χ4v) is 4.13. The molecule has 0 aromatic heterocycles. The minimum atomic E-state index is -4.63. The average molecular weight is 502 g/mol. The summed E-state index contributed by atoms with van der Waals surface area (Å²) < 4.78 is 60.4. The maximum absolute atomic E-state index is 13.9. The Morgan fingerprint density at radius 2 is 2.00 bits per heavy atom. The number of aliphatic imine (C=N–C) groups is 1. The topological polar surface area (TPSA) is 105 Å². The lowest BCUT2D eigenvalue weighted by molar-refractivity contribution is -0.139. The molecule has 3 rings (SSSR count). The van der Waals surface area contributed by atoms with Crippen LogP contribution in [0.4, 0.5) is 17.6 Å². The van der Waals surface area contributed by atoms with Crippen molar-refractivity contribution in [2.75, 3.05) is 13.2 Å². The normalized spacial score (nSPS) is 22.8. The minimum Gasteiger partial charge on any atom is -0.493 e. The molecule has 35 heavy (non-hydrogen) atoms. The van der Waals surface area contributed by atoms with Gasteiger partial charge in [-0.05, 0) is 24.6 Å². The van der Waals surface area contributed by atoms with Crippen LogP contribution in [0.3, 0.4) is 0 Å². The molecule has 0 radical (unpaired) electrons. The van der Waals surface area contributed by atoms with E-state index in [9.17, 15) is 17.6 Å². The molecule has 0 spiro atoms. The van der Waals surface area contributed by atoms with Crippen LogP contribution in [0.2, 0.25) is 0 Å². The summed E-state index contributed by atoms with van der Waals surface area (Å²) in [4.78, 5) is 10.9. The van der Waals surface area contributed by atoms with E-state index in [2.05, 4.69) is 22.2 Å². The largest absolute Gasteiger partial charge is 0.493 e. The zero-order valence-electron chi connectivity index (χ0n) is 19.5. The molecule has 2 aliphatic rings. The van der Waals surface area contributed by atoms with E-state index in [4.69, 9.17) is 20.5 Å². The third kappa shape index (κ3) is 6.98. The first kappa shape index (κ1) is 26.6. The second-order valence-corrected chi connectivity index (χ2v) is 8.60. The highest BCUT2D eigenvalue weighted by atomic mass is 19.4. The van der Waals surface area contributed by atoms with Crippen LogP contribution < -0.4 is 10.5 Å². The molecular formula is C23H31F4N5O3. The van der Waals surface area contributed by atoms with Gasteiger partial charge in [0, 0.05) is 12.0 Å². The summed E-state index contributed by atoms with van der Waals surface area (Å²) in [6, 6.07) is 2.98. The Labute approximate surface area is 201 Å². The summed E-state index contributed by atoms with van der Waals surface area (Å²) in [5.41, 5.74) is 4.78. The SMILES string of the molecule is CCCCCCCCOc1ccc(C2=NOC([C@@H]3C[C@@H](F)CN3/C(N)=N/O)C=N2)cc1C(F)(F)F. The Kier molecular flexibility index (Phi) is 9.16. The lowest BCUT2D eigenvalue weighted by atomic mass is 10.1. The van der Waals surface area contributed by atoms with Crippen LogP contribution in [-0.4, -0.2) is 59.6 Å². The maximum Gasteiger partial charge on any atom is 0.419 e. The molecule has 0 saturated carbocycles. The maximum atomic E-state index is 13.9. The van der Waals surface area contributed by atoms with Crippen molar-refractivity contribution < 1.29 is 32.3 Å². The number of unbranched alkanes of at least 4 members (excludes halogenated alkanes) is 5. The molecule has 0 amide bonds. The molecule has 2 heterocycles. The first-order valence-corrected chi connectivity index (χ1v) is 11.7. The van der Waals surface area contributed by atoms with E-state index >= 15 is 0 Å². The van der Waals surface area contributed by atoms with Gasteiger partial charge in [-0.2, -0.15) is 13.2 Å². The number of nitrogens with zero attached hydrogens (tertiary/aromatic N) is 4. The Hall–Kier alpha value is -3.05. The number of benzene rings is 1. The van der Waals surface area contributed by atoms with Crippen molar-refractivity contribution in [3.05, 3.63) is 29.3 Å². The predicted octanol–water partition coefficient (Wildman–Crippen LogP) is 4.69. The van der Waals surface area contributed by atoms with E-state index in [0.29, 0.717) is 6.42 Å². The van der Waals surface area contributed by atoms with Gasteiger partial charge in [-0.1, -0.05) is 49.3 Å². The predicted molar refractivity (Wildman–Crippen MR) is 124 cm³/mol. The number of ether oxygens (including phenoxy) is 1. The van der Waals surface area contributed by atoms with E-state index in [1.54, 1.807) is 0 Å². The van der Waals surface area contributed by atoms with Crippen LogP contribution in [-0.2, 0) is 11.0 Å². The van der Waals surface area contributed by atoms with Crippen LogP contribution in [0.1, 0.15) is 63.0 Å². The summed E-state index contributed by atoms with van der Waals surface area (Å²) in [6.45, 7) is 2.24. The molecule has 1 saturated heterocycles. The molecule has 1 unspecified atom stereocenters. The molecule has 2 aliphatic heterocycles. The van der Waals surface area contributed by atoms with Gasteiger partial charge in [0.2, 0.25) is 5.96 Å². The van der Waals surface area contributed by atoms with Crippen LogP contribution >= 0.6 is 0 Å². The van der Waals surface area contributed by atoms with E-state index in [0.717, 1.165) is 38.2 Å². The van der Waals surface area contributed by atoms with Gasteiger partial charge in [0.1, 0.15) is 11.9 Å². The molecule has 194 valence electrons. The summed E-state index contributed by atoms with van der Waals surface area (Å²) in [5.74, 6) is -0.573. The van der Waals surface area contributed by atoms with Gasteiger partial charge >= 0.3 is 6.18 Å². The summed E-state index contributed by atoms with van der Waals surface area (Å²) in [6.07, 6.45) is 0.712. The summed E-state index contributed by atoms with van der Waals surface area (Å²) in [5, 5.41) is 15.7. The minimum absolute atomic E-state index is 0.0423. The van der Waals surface area contributed by atoms with Crippen molar-refractivity contribution in [1.29, 1.82) is 0 Å². The van der Waals surface area contributed by atoms with Crippen molar-refractivity contribution in [3.63, 3.8) is 0 Å². The van der Waals surface area contributed by atoms with E-state index in [1.165, 1.54) is 23.2 Å². The first-order chi connectivity index (χ1) is 16.7. The highest BCUT2D eigenvalue weighted by Gasteiger charge is 2.41. The third-order valence-electron chi connectivity index (χ3n) is 5.97. The monoisotopic (exact) mass is 501 g/mol. The fraction of sp³-hybridized carbons (Fsp3) is 0.609. The van der Waals surface area contributed by atoms with Gasteiger partial charge in [-0.25, -0.2) is 9.38 Å². The highest BCUT2D eigenvalue weighted by molar-refractivity contribution is 6.04. The molecule has 1 aromatic rings. The zero-order valence-corrected chi connectivity index (χ0v) is 19.5. The molecule has 0 aliphatic carbocycles. The molecule has 3 atom stereocenters. The highest BCUT2D eigenvalue weighted by Crippen LogP contribution is 2.37. The Bertz CT molecular complexity index is 938. The van der Waals surface area contributed by atoms with E-state index < -0.39 is 30.1 Å². The average Bonchev–Trinajstić information content (AvgIpc) is 3.24. The van der Waals surface area contributed by atoms with Gasteiger partial charge in [0.15, 0.2) is 11.9 Å². The number of alkyl halides is 4. The quantitative estimate of drug-likeness (QED) is 0.121. The number of nitrogens with two attached hydrogens (primary N) is 1. The molecule has 1 aromatic carbocycles. The van der Waals surface area contributed by atoms with Crippen molar-refractivity contribution in [3.8, 4) is 5.75 Å². The fourth-order valence-electron chi connectivity index (χ4n) is 4.13. The van der Waals surface area contributed by atoms with Crippen LogP contribution in [0, 0.1) is 0 Å². The Morgan fingerprint density at radius 1 is 1.26 bits per heavy atom. The number of amidine groups is 1. The van der Waals surface area contributed by atoms with Crippen molar-refractivity contribution in [2.24, 2.45) is 21.0 Å². The molecule has 8 nitrogen and oxygen atoms in total. The second kappa shape index (κ2) is 12.1. The van der Waals surface area contributed by atoms with Gasteiger partial charge in [-0.3, -0.25) is 0 Å². The van der Waals surface area contributed by atoms with Crippen molar-refractivity contribution in [2.45, 2.75) is 76.4 Å². The Balaban J connectivity index is 1.66. The molecule has 0 bridgehead atoms. The van der Waals surface area contributed by atoms with Crippen molar-refractivity contribution >= 4 is 18.0 Å².